The van der Waals surface area contributed by atoms with E-state index in [1.54, 1.807) is 4.90 Å². The first kappa shape index (κ1) is 13.4. The molecule has 4 heteroatoms. The zero-order valence-corrected chi connectivity index (χ0v) is 11.8. The maximum atomic E-state index is 12.5. The van der Waals surface area contributed by atoms with E-state index in [2.05, 4.69) is 33.0 Å². The molecular formula is C14H24N2O2. The van der Waals surface area contributed by atoms with Gasteiger partial charge < -0.3 is 10.2 Å². The van der Waals surface area contributed by atoms with Crippen LogP contribution in [-0.2, 0) is 9.59 Å². The molecule has 102 valence electrons. The number of carbonyl (C=O) groups is 2. The Bertz CT molecular complexity index is 359. The van der Waals surface area contributed by atoms with E-state index >= 15 is 0 Å². The van der Waals surface area contributed by atoms with Crippen molar-refractivity contribution in [2.75, 3.05) is 6.54 Å². The van der Waals surface area contributed by atoms with Crippen molar-refractivity contribution in [3.8, 4) is 0 Å². The van der Waals surface area contributed by atoms with E-state index in [0.717, 1.165) is 6.42 Å². The summed E-state index contributed by atoms with van der Waals surface area (Å²) in [6.07, 6.45) is 3.07. The lowest BCUT2D eigenvalue weighted by molar-refractivity contribution is -0.151. The summed E-state index contributed by atoms with van der Waals surface area (Å²) in [6.45, 7) is 8.55. The molecule has 2 amide bonds. The number of hydrogen-bond acceptors (Lipinski definition) is 2. The number of amides is 2. The lowest BCUT2D eigenvalue weighted by Crippen LogP contribution is -2.64. The van der Waals surface area contributed by atoms with Crippen LogP contribution in [0.3, 0.4) is 0 Å². The summed E-state index contributed by atoms with van der Waals surface area (Å²) in [6, 6.07) is -0.329. The molecule has 0 aromatic carbocycles. The predicted molar refractivity (Wildman–Crippen MR) is 69.9 cm³/mol. The molecule has 1 saturated heterocycles. The van der Waals surface area contributed by atoms with Crippen molar-refractivity contribution >= 4 is 11.8 Å². The van der Waals surface area contributed by atoms with E-state index in [1.807, 2.05) is 0 Å². The van der Waals surface area contributed by atoms with Gasteiger partial charge in [-0.3, -0.25) is 9.59 Å². The third-order valence-corrected chi connectivity index (χ3v) is 4.18. The minimum absolute atomic E-state index is 0.0195. The molecule has 1 N–H and O–H groups in total. The van der Waals surface area contributed by atoms with Crippen LogP contribution < -0.4 is 5.32 Å². The van der Waals surface area contributed by atoms with Gasteiger partial charge >= 0.3 is 0 Å². The van der Waals surface area contributed by atoms with E-state index in [1.165, 1.54) is 12.8 Å². The highest BCUT2D eigenvalue weighted by Crippen LogP contribution is 2.43. The molecule has 18 heavy (non-hydrogen) atoms. The van der Waals surface area contributed by atoms with Crippen LogP contribution in [0.15, 0.2) is 0 Å². The van der Waals surface area contributed by atoms with Gasteiger partial charge in [-0.2, -0.15) is 0 Å². The van der Waals surface area contributed by atoms with Crippen molar-refractivity contribution in [2.24, 2.45) is 11.8 Å². The molecular weight excluding hydrogens is 228 g/mol. The van der Waals surface area contributed by atoms with Gasteiger partial charge in [-0.1, -0.05) is 13.8 Å². The minimum atomic E-state index is -0.329. The minimum Gasteiger partial charge on any atom is -0.343 e. The third kappa shape index (κ3) is 2.52. The zero-order valence-electron chi connectivity index (χ0n) is 11.8. The summed E-state index contributed by atoms with van der Waals surface area (Å²) < 4.78 is 0. The molecule has 1 heterocycles. The summed E-state index contributed by atoms with van der Waals surface area (Å²) in [7, 11) is 0. The predicted octanol–water partition coefficient (Wildman–Crippen LogP) is 1.55. The average molecular weight is 252 g/mol. The zero-order chi connectivity index (χ0) is 13.5. The summed E-state index contributed by atoms with van der Waals surface area (Å²) in [5, 5.41) is 2.83. The number of nitrogens with zero attached hydrogens (tertiary/aromatic N) is 1. The van der Waals surface area contributed by atoms with E-state index in [-0.39, 0.29) is 29.9 Å². The molecule has 1 saturated carbocycles. The quantitative estimate of drug-likeness (QED) is 0.825. The van der Waals surface area contributed by atoms with Gasteiger partial charge in [0.05, 0.1) is 0 Å². The molecule has 1 unspecified atom stereocenters. The lowest BCUT2D eigenvalue weighted by atomic mass is 9.92. The van der Waals surface area contributed by atoms with Gasteiger partial charge in [-0.25, -0.2) is 0 Å². The maximum absolute atomic E-state index is 12.5. The Balaban J connectivity index is 2.14. The average Bonchev–Trinajstić information content (AvgIpc) is 3.05. The third-order valence-electron chi connectivity index (χ3n) is 4.18. The number of carbonyl (C=O) groups excluding carboxylic acids is 2. The first-order chi connectivity index (χ1) is 8.32. The van der Waals surface area contributed by atoms with Crippen LogP contribution in [0.25, 0.3) is 0 Å². The van der Waals surface area contributed by atoms with Gasteiger partial charge in [0.25, 0.3) is 0 Å². The summed E-state index contributed by atoms with van der Waals surface area (Å²) >= 11 is 0. The summed E-state index contributed by atoms with van der Waals surface area (Å²) in [4.78, 5) is 26.1. The van der Waals surface area contributed by atoms with Crippen molar-refractivity contribution in [3.63, 3.8) is 0 Å². The second kappa shape index (κ2) is 4.56. The Kier molecular flexibility index (Phi) is 3.39. The fraction of sp³-hybridized carbons (Fsp3) is 0.857. The number of nitrogens with one attached hydrogen (secondary N) is 1. The second-order valence-electron chi connectivity index (χ2n) is 6.60. The van der Waals surface area contributed by atoms with Crippen LogP contribution >= 0.6 is 0 Å². The van der Waals surface area contributed by atoms with Crippen LogP contribution in [-0.4, -0.2) is 34.8 Å². The molecule has 1 aliphatic heterocycles. The van der Waals surface area contributed by atoms with Crippen molar-refractivity contribution in [2.45, 2.75) is 58.5 Å². The number of rotatable bonds is 4. The van der Waals surface area contributed by atoms with Crippen LogP contribution in [0.1, 0.15) is 47.0 Å². The van der Waals surface area contributed by atoms with E-state index in [9.17, 15) is 9.59 Å². The van der Waals surface area contributed by atoms with Gasteiger partial charge in [0.1, 0.15) is 12.6 Å². The second-order valence-corrected chi connectivity index (χ2v) is 6.60. The first-order valence-electron chi connectivity index (χ1n) is 6.93. The SMILES string of the molecule is CC(C)CC1NC(=O)CN(C(C)(C)C2CC2)C1=O. The highest BCUT2D eigenvalue weighted by molar-refractivity contribution is 5.95. The smallest absolute Gasteiger partial charge is 0.246 e. The molecule has 0 aromatic rings. The van der Waals surface area contributed by atoms with Crippen molar-refractivity contribution in [1.82, 2.24) is 10.2 Å². The Labute approximate surface area is 109 Å². The molecule has 2 aliphatic rings. The van der Waals surface area contributed by atoms with Gasteiger partial charge in [-0.15, -0.1) is 0 Å². The van der Waals surface area contributed by atoms with E-state index < -0.39 is 0 Å². The molecule has 2 fully saturated rings. The summed E-state index contributed by atoms with van der Waals surface area (Å²) in [5.41, 5.74) is -0.177. The van der Waals surface area contributed by atoms with Gasteiger partial charge in [0, 0.05) is 5.54 Å². The lowest BCUT2D eigenvalue weighted by Gasteiger charge is -2.43. The fourth-order valence-corrected chi connectivity index (χ4v) is 2.84. The standard InChI is InChI=1S/C14H24N2O2/c1-9(2)7-11-13(18)16(8-12(17)15-11)14(3,4)10-5-6-10/h9-11H,5-8H2,1-4H3,(H,15,17). The molecule has 1 atom stereocenters. The largest absolute Gasteiger partial charge is 0.343 e. The molecule has 0 bridgehead atoms. The topological polar surface area (TPSA) is 49.4 Å². The Morgan fingerprint density at radius 2 is 1.94 bits per heavy atom. The van der Waals surface area contributed by atoms with E-state index in [0.29, 0.717) is 11.8 Å². The van der Waals surface area contributed by atoms with Gasteiger partial charge in [-0.05, 0) is 44.9 Å². The maximum Gasteiger partial charge on any atom is 0.246 e. The molecule has 0 radical (unpaired) electrons. The van der Waals surface area contributed by atoms with Crippen molar-refractivity contribution in [3.05, 3.63) is 0 Å². The Morgan fingerprint density at radius 3 is 2.44 bits per heavy atom. The van der Waals surface area contributed by atoms with Crippen LogP contribution in [0.5, 0.6) is 0 Å². The van der Waals surface area contributed by atoms with Crippen LogP contribution in [0.4, 0.5) is 0 Å². The van der Waals surface area contributed by atoms with Gasteiger partial charge in [0.15, 0.2) is 0 Å². The molecule has 4 nitrogen and oxygen atoms in total. The molecule has 1 aliphatic carbocycles. The van der Waals surface area contributed by atoms with Gasteiger partial charge in [0.2, 0.25) is 11.8 Å². The van der Waals surface area contributed by atoms with E-state index in [4.69, 9.17) is 0 Å². The molecule has 0 spiro atoms. The summed E-state index contributed by atoms with van der Waals surface area (Å²) in [5.74, 6) is 1.05. The monoisotopic (exact) mass is 252 g/mol. The van der Waals surface area contributed by atoms with Crippen LogP contribution in [0, 0.1) is 11.8 Å². The molecule has 0 aromatic heterocycles. The highest BCUT2D eigenvalue weighted by Gasteiger charge is 2.47. The fourth-order valence-electron chi connectivity index (χ4n) is 2.84. The molecule has 2 rings (SSSR count). The first-order valence-corrected chi connectivity index (χ1v) is 6.93. The normalized spacial score (nSPS) is 25.6. The number of hydrogen-bond donors (Lipinski definition) is 1. The van der Waals surface area contributed by atoms with Crippen molar-refractivity contribution < 1.29 is 9.59 Å². The number of piperazine rings is 1. The van der Waals surface area contributed by atoms with Crippen LogP contribution in [0.2, 0.25) is 0 Å². The van der Waals surface area contributed by atoms with Crippen molar-refractivity contribution in [1.29, 1.82) is 0 Å². The Hall–Kier alpha value is -1.06. The highest BCUT2D eigenvalue weighted by atomic mass is 16.2. The Morgan fingerprint density at radius 1 is 1.33 bits per heavy atom.